The molecule has 0 saturated carbocycles. The van der Waals surface area contributed by atoms with Gasteiger partial charge in [-0.15, -0.1) is 11.3 Å². The molecule has 0 fully saturated rings. The molecule has 2 N–H and O–H groups in total. The summed E-state index contributed by atoms with van der Waals surface area (Å²) in [4.78, 5) is 10.4. The van der Waals surface area contributed by atoms with Gasteiger partial charge in [0.05, 0.1) is 17.2 Å². The number of aliphatic imine (C=N–C) groups is 1. The first-order chi connectivity index (χ1) is 12.1. The van der Waals surface area contributed by atoms with Crippen LogP contribution in [0.15, 0.2) is 29.3 Å². The number of hydrogen-bond acceptors (Lipinski definition) is 4. The van der Waals surface area contributed by atoms with Crippen LogP contribution in [0.4, 0.5) is 0 Å². The van der Waals surface area contributed by atoms with E-state index in [1.807, 2.05) is 19.1 Å². The number of hydrogen-bond donors (Lipinski definition) is 2. The third-order valence-electron chi connectivity index (χ3n) is 3.64. The highest BCUT2D eigenvalue weighted by molar-refractivity contribution is 7.11. The highest BCUT2D eigenvalue weighted by atomic mass is 32.1. The number of ether oxygens (including phenoxy) is 1. The number of guanidine groups is 1. The van der Waals surface area contributed by atoms with Crippen LogP contribution in [0.25, 0.3) is 0 Å². The quantitative estimate of drug-likeness (QED) is 0.431. The van der Waals surface area contributed by atoms with Gasteiger partial charge in [0.2, 0.25) is 0 Å². The Bertz CT molecular complexity index is 679. The molecule has 136 valence electrons. The van der Waals surface area contributed by atoms with Crippen molar-refractivity contribution in [3.8, 4) is 5.75 Å². The molecule has 0 aliphatic carbocycles. The number of aromatic nitrogens is 1. The lowest BCUT2D eigenvalue weighted by Crippen LogP contribution is -2.39. The molecule has 0 spiro atoms. The summed E-state index contributed by atoms with van der Waals surface area (Å²) in [6.07, 6.45) is 0.924. The lowest BCUT2D eigenvalue weighted by atomic mass is 10.2. The minimum Gasteiger partial charge on any atom is -0.492 e. The van der Waals surface area contributed by atoms with Crippen molar-refractivity contribution < 1.29 is 4.74 Å². The third-order valence-corrected chi connectivity index (χ3v) is 4.77. The Morgan fingerprint density at radius 3 is 2.56 bits per heavy atom. The average molecular weight is 361 g/mol. The molecule has 0 aliphatic heterocycles. The highest BCUT2D eigenvalue weighted by Crippen LogP contribution is 2.17. The summed E-state index contributed by atoms with van der Waals surface area (Å²) >= 11 is 1.76. The normalized spacial score (nSPS) is 11.4. The maximum Gasteiger partial charge on any atom is 0.191 e. The summed E-state index contributed by atoms with van der Waals surface area (Å²) in [6, 6.07) is 8.09. The first-order valence-corrected chi connectivity index (χ1v) is 9.54. The Kier molecular flexibility index (Phi) is 7.73. The molecule has 6 heteroatoms. The molecule has 1 aromatic carbocycles. The first-order valence-electron chi connectivity index (χ1n) is 8.73. The van der Waals surface area contributed by atoms with Crippen LogP contribution in [0.5, 0.6) is 5.75 Å². The van der Waals surface area contributed by atoms with Crippen molar-refractivity contribution in [1.29, 1.82) is 0 Å². The Hall–Kier alpha value is -2.08. The van der Waals surface area contributed by atoms with E-state index in [0.29, 0.717) is 13.2 Å². The maximum atomic E-state index is 5.73. The smallest absolute Gasteiger partial charge is 0.191 e. The molecule has 5 nitrogen and oxygen atoms in total. The van der Waals surface area contributed by atoms with Gasteiger partial charge >= 0.3 is 0 Å². The predicted octanol–water partition coefficient (Wildman–Crippen LogP) is 3.24. The Morgan fingerprint density at radius 2 is 1.92 bits per heavy atom. The monoisotopic (exact) mass is 360 g/mol. The van der Waals surface area contributed by atoms with E-state index in [0.717, 1.165) is 41.9 Å². The van der Waals surface area contributed by atoms with E-state index in [2.05, 4.69) is 53.5 Å². The topological polar surface area (TPSA) is 58.5 Å². The van der Waals surface area contributed by atoms with Gasteiger partial charge in [-0.1, -0.05) is 17.7 Å². The molecule has 0 bridgehead atoms. The molecule has 0 radical (unpaired) electrons. The molecule has 0 amide bonds. The number of nitrogens with one attached hydrogen (secondary N) is 2. The molecule has 1 heterocycles. The van der Waals surface area contributed by atoms with Gasteiger partial charge in [0.1, 0.15) is 12.4 Å². The van der Waals surface area contributed by atoms with Gasteiger partial charge in [0.15, 0.2) is 5.96 Å². The molecular weight excluding hydrogens is 332 g/mol. The fraction of sp³-hybridized carbons (Fsp3) is 0.474. The lowest BCUT2D eigenvalue weighted by molar-refractivity contribution is 0.322. The zero-order valence-corrected chi connectivity index (χ0v) is 16.4. The molecule has 0 aliphatic rings. The van der Waals surface area contributed by atoms with E-state index in [9.17, 15) is 0 Å². The molecule has 0 atom stereocenters. The van der Waals surface area contributed by atoms with Crippen LogP contribution in [-0.2, 0) is 6.42 Å². The highest BCUT2D eigenvalue weighted by Gasteiger charge is 2.04. The summed E-state index contributed by atoms with van der Waals surface area (Å²) in [5.41, 5.74) is 2.36. The lowest BCUT2D eigenvalue weighted by Gasteiger charge is -2.12. The van der Waals surface area contributed by atoms with E-state index in [-0.39, 0.29) is 0 Å². The third kappa shape index (κ3) is 6.74. The molecule has 1 aromatic heterocycles. The zero-order valence-electron chi connectivity index (χ0n) is 15.6. The van der Waals surface area contributed by atoms with E-state index in [4.69, 9.17) is 4.74 Å². The summed E-state index contributed by atoms with van der Waals surface area (Å²) in [5.74, 6) is 1.72. The Labute approximate surface area is 154 Å². The SMILES string of the molecule is CCNC(=NCCc1sc(C)nc1C)NCCOc1ccc(C)cc1. The van der Waals surface area contributed by atoms with E-state index >= 15 is 0 Å². The first kappa shape index (κ1) is 19.2. The minimum atomic E-state index is 0.598. The number of rotatable bonds is 8. The van der Waals surface area contributed by atoms with Crippen LogP contribution >= 0.6 is 11.3 Å². The van der Waals surface area contributed by atoms with Crippen molar-refractivity contribution in [3.63, 3.8) is 0 Å². The minimum absolute atomic E-state index is 0.598. The molecule has 0 unspecified atom stereocenters. The van der Waals surface area contributed by atoms with Gasteiger partial charge < -0.3 is 15.4 Å². The van der Waals surface area contributed by atoms with Crippen molar-refractivity contribution in [2.24, 2.45) is 4.99 Å². The second-order valence-electron chi connectivity index (χ2n) is 5.84. The zero-order chi connectivity index (χ0) is 18.1. The number of aryl methyl sites for hydroxylation is 3. The summed E-state index contributed by atoms with van der Waals surface area (Å²) in [5, 5.41) is 7.70. The summed E-state index contributed by atoms with van der Waals surface area (Å²) in [6.45, 7) is 11.1. The van der Waals surface area contributed by atoms with Crippen molar-refractivity contribution in [1.82, 2.24) is 15.6 Å². The predicted molar refractivity (Wildman–Crippen MR) is 106 cm³/mol. The molecule has 2 aromatic rings. The van der Waals surface area contributed by atoms with E-state index in [1.54, 1.807) is 11.3 Å². The molecular formula is C19H28N4OS. The van der Waals surface area contributed by atoms with Crippen LogP contribution in [0.1, 0.15) is 28.1 Å². The fourth-order valence-electron chi connectivity index (χ4n) is 2.39. The Balaban J connectivity index is 1.75. The average Bonchev–Trinajstić information content (AvgIpc) is 2.90. The van der Waals surface area contributed by atoms with Crippen molar-refractivity contribution in [3.05, 3.63) is 45.4 Å². The molecule has 0 saturated heterocycles. The number of thiazole rings is 1. The number of benzene rings is 1. The van der Waals surface area contributed by atoms with Crippen molar-refractivity contribution >= 4 is 17.3 Å². The van der Waals surface area contributed by atoms with Gasteiger partial charge in [0, 0.05) is 24.4 Å². The molecule has 25 heavy (non-hydrogen) atoms. The van der Waals surface area contributed by atoms with Gasteiger partial charge in [-0.3, -0.25) is 4.99 Å². The second kappa shape index (κ2) is 10.0. The van der Waals surface area contributed by atoms with Crippen molar-refractivity contribution in [2.45, 2.75) is 34.1 Å². The van der Waals surface area contributed by atoms with E-state index < -0.39 is 0 Å². The van der Waals surface area contributed by atoms with Crippen LogP contribution in [0, 0.1) is 20.8 Å². The van der Waals surface area contributed by atoms with Crippen LogP contribution in [0.3, 0.4) is 0 Å². The van der Waals surface area contributed by atoms with Crippen LogP contribution in [0.2, 0.25) is 0 Å². The van der Waals surface area contributed by atoms with Gasteiger partial charge in [0.25, 0.3) is 0 Å². The Morgan fingerprint density at radius 1 is 1.16 bits per heavy atom. The van der Waals surface area contributed by atoms with E-state index in [1.165, 1.54) is 10.4 Å². The van der Waals surface area contributed by atoms with Crippen LogP contribution in [-0.4, -0.2) is 37.2 Å². The van der Waals surface area contributed by atoms with Gasteiger partial charge in [-0.05, 0) is 39.8 Å². The van der Waals surface area contributed by atoms with Crippen LogP contribution < -0.4 is 15.4 Å². The van der Waals surface area contributed by atoms with Crippen molar-refractivity contribution in [2.75, 3.05) is 26.2 Å². The number of nitrogens with zero attached hydrogens (tertiary/aromatic N) is 2. The largest absolute Gasteiger partial charge is 0.492 e. The maximum absolute atomic E-state index is 5.73. The molecule has 2 rings (SSSR count). The fourth-order valence-corrected chi connectivity index (χ4v) is 3.32. The standard InChI is InChI=1S/C19H28N4OS/c1-5-20-19(21-11-10-18-15(3)23-16(4)25-18)22-12-13-24-17-8-6-14(2)7-9-17/h6-9H,5,10-13H2,1-4H3,(H2,20,21,22). The summed E-state index contributed by atoms with van der Waals surface area (Å²) in [7, 11) is 0. The summed E-state index contributed by atoms with van der Waals surface area (Å²) < 4.78 is 5.73. The van der Waals surface area contributed by atoms with Gasteiger partial charge in [-0.2, -0.15) is 0 Å². The van der Waals surface area contributed by atoms with Gasteiger partial charge in [-0.25, -0.2) is 4.98 Å². The second-order valence-corrected chi connectivity index (χ2v) is 7.13.